The van der Waals surface area contributed by atoms with Gasteiger partial charge in [-0.15, -0.1) is 0 Å². The van der Waals surface area contributed by atoms with Crippen LogP contribution in [0.2, 0.25) is 0 Å². The number of aliphatic carboxylic acids is 1. The molecule has 1 aromatic carbocycles. The minimum absolute atomic E-state index is 0.253. The average molecular weight is 399 g/mol. The summed E-state index contributed by atoms with van der Waals surface area (Å²) in [6.07, 6.45) is 6.29. The highest BCUT2D eigenvalue weighted by Gasteiger charge is 2.23. The summed E-state index contributed by atoms with van der Waals surface area (Å²) < 4.78 is 10.6. The summed E-state index contributed by atoms with van der Waals surface area (Å²) in [4.78, 5) is 31.2. The minimum Gasteiger partial charge on any atom is -0.480 e. The molecular formula is C21H25N3O5. The third-order valence-corrected chi connectivity index (χ3v) is 4.96. The van der Waals surface area contributed by atoms with Gasteiger partial charge in [0.2, 0.25) is 0 Å². The van der Waals surface area contributed by atoms with Crippen molar-refractivity contribution >= 4 is 17.9 Å². The van der Waals surface area contributed by atoms with Crippen molar-refractivity contribution in [2.24, 2.45) is 11.8 Å². The van der Waals surface area contributed by atoms with Gasteiger partial charge < -0.3 is 14.6 Å². The molecule has 1 amide bonds. The first-order valence-electron chi connectivity index (χ1n) is 9.71. The summed E-state index contributed by atoms with van der Waals surface area (Å²) in [7, 11) is 0. The largest absolute Gasteiger partial charge is 0.480 e. The molecule has 0 unspecified atom stereocenters. The van der Waals surface area contributed by atoms with E-state index in [9.17, 15) is 9.59 Å². The predicted molar refractivity (Wildman–Crippen MR) is 106 cm³/mol. The summed E-state index contributed by atoms with van der Waals surface area (Å²) in [6.45, 7) is 0.557. The van der Waals surface area contributed by atoms with Crippen LogP contribution in [0, 0.1) is 11.8 Å². The highest BCUT2D eigenvalue weighted by atomic mass is 16.5. The van der Waals surface area contributed by atoms with E-state index >= 15 is 0 Å². The van der Waals surface area contributed by atoms with Crippen molar-refractivity contribution in [2.45, 2.75) is 25.7 Å². The number of anilines is 1. The van der Waals surface area contributed by atoms with Crippen molar-refractivity contribution in [3.8, 4) is 11.3 Å². The number of carbonyl (C=O) groups is 2. The maximum Gasteiger partial charge on any atom is 0.412 e. The Morgan fingerprint density at radius 1 is 1.00 bits per heavy atom. The van der Waals surface area contributed by atoms with Crippen LogP contribution in [-0.2, 0) is 14.3 Å². The zero-order valence-corrected chi connectivity index (χ0v) is 16.1. The molecule has 3 rings (SSSR count). The number of benzene rings is 1. The SMILES string of the molecule is O=C(O)COCC1CCC(COC(=O)Nc2nccnc2-c2ccccc2)CC1. The Morgan fingerprint density at radius 3 is 2.34 bits per heavy atom. The monoisotopic (exact) mass is 399 g/mol. The molecule has 29 heavy (non-hydrogen) atoms. The molecule has 1 saturated carbocycles. The number of hydrogen-bond donors (Lipinski definition) is 2. The molecule has 0 spiro atoms. The summed E-state index contributed by atoms with van der Waals surface area (Å²) in [5, 5.41) is 11.3. The Kier molecular flexibility index (Phi) is 7.52. The van der Waals surface area contributed by atoms with Gasteiger partial charge in [0.15, 0.2) is 5.82 Å². The van der Waals surface area contributed by atoms with Gasteiger partial charge >= 0.3 is 12.1 Å². The zero-order valence-electron chi connectivity index (χ0n) is 16.1. The summed E-state index contributed by atoms with van der Waals surface area (Å²) in [6, 6.07) is 9.51. The van der Waals surface area contributed by atoms with Crippen LogP contribution >= 0.6 is 0 Å². The Hall–Kier alpha value is -3.00. The number of hydrogen-bond acceptors (Lipinski definition) is 6. The van der Waals surface area contributed by atoms with Crippen molar-refractivity contribution in [1.29, 1.82) is 0 Å². The van der Waals surface area contributed by atoms with E-state index in [0.717, 1.165) is 31.2 Å². The van der Waals surface area contributed by atoms with Crippen LogP contribution in [-0.4, -0.2) is 47.0 Å². The van der Waals surface area contributed by atoms with Crippen LogP contribution in [0.25, 0.3) is 11.3 Å². The second-order valence-electron chi connectivity index (χ2n) is 7.14. The van der Waals surface area contributed by atoms with Gasteiger partial charge in [-0.05, 0) is 37.5 Å². The fraction of sp³-hybridized carbons (Fsp3) is 0.429. The number of carbonyl (C=O) groups excluding carboxylic acids is 1. The van der Waals surface area contributed by atoms with Gasteiger partial charge in [0.05, 0.1) is 13.2 Å². The van der Waals surface area contributed by atoms with Gasteiger partial charge in [-0.3, -0.25) is 10.3 Å². The number of amides is 1. The highest BCUT2D eigenvalue weighted by molar-refractivity contribution is 5.88. The van der Waals surface area contributed by atoms with E-state index in [2.05, 4.69) is 15.3 Å². The zero-order chi connectivity index (χ0) is 20.5. The van der Waals surface area contributed by atoms with Gasteiger partial charge in [0, 0.05) is 18.0 Å². The first-order valence-corrected chi connectivity index (χ1v) is 9.71. The van der Waals surface area contributed by atoms with E-state index in [1.807, 2.05) is 30.3 Å². The fourth-order valence-electron chi connectivity index (χ4n) is 3.44. The van der Waals surface area contributed by atoms with E-state index in [-0.39, 0.29) is 6.61 Å². The van der Waals surface area contributed by atoms with E-state index < -0.39 is 12.1 Å². The molecule has 0 radical (unpaired) electrons. The number of rotatable bonds is 8. The Balaban J connectivity index is 1.43. The molecule has 0 atom stereocenters. The van der Waals surface area contributed by atoms with Crippen molar-refractivity contribution in [3.05, 3.63) is 42.7 Å². The van der Waals surface area contributed by atoms with E-state index in [1.54, 1.807) is 6.20 Å². The predicted octanol–water partition coefficient (Wildman–Crippen LogP) is 3.60. The number of carboxylic acids is 1. The van der Waals surface area contributed by atoms with Crippen LogP contribution in [0.1, 0.15) is 25.7 Å². The molecule has 1 heterocycles. The second kappa shape index (κ2) is 10.5. The first-order chi connectivity index (χ1) is 14.1. The average Bonchev–Trinajstić information content (AvgIpc) is 2.74. The van der Waals surface area contributed by atoms with Gasteiger partial charge in [-0.2, -0.15) is 0 Å². The third kappa shape index (κ3) is 6.53. The molecule has 0 saturated heterocycles. The van der Waals surface area contributed by atoms with Crippen molar-refractivity contribution < 1.29 is 24.2 Å². The Labute approximate surface area is 169 Å². The number of ether oxygens (including phenoxy) is 2. The summed E-state index contributed by atoms with van der Waals surface area (Å²) in [5.74, 6) is 0.0824. The quantitative estimate of drug-likeness (QED) is 0.698. The number of carboxylic acid groups (broad SMARTS) is 1. The lowest BCUT2D eigenvalue weighted by Gasteiger charge is -2.27. The van der Waals surface area contributed by atoms with Gasteiger partial charge in [0.25, 0.3) is 0 Å². The molecule has 1 aliphatic rings. The maximum absolute atomic E-state index is 12.2. The molecule has 0 aliphatic heterocycles. The Bertz CT molecular complexity index is 807. The van der Waals surface area contributed by atoms with Crippen molar-refractivity contribution in [2.75, 3.05) is 25.1 Å². The van der Waals surface area contributed by atoms with E-state index in [1.165, 1.54) is 6.20 Å². The molecule has 154 valence electrons. The van der Waals surface area contributed by atoms with Crippen LogP contribution in [0.3, 0.4) is 0 Å². The molecule has 2 N–H and O–H groups in total. The highest BCUT2D eigenvalue weighted by Crippen LogP contribution is 2.29. The molecule has 2 aromatic rings. The van der Waals surface area contributed by atoms with Gasteiger partial charge in [-0.1, -0.05) is 30.3 Å². The molecule has 8 nitrogen and oxygen atoms in total. The van der Waals surface area contributed by atoms with Crippen molar-refractivity contribution in [3.63, 3.8) is 0 Å². The third-order valence-electron chi connectivity index (χ3n) is 4.96. The number of aromatic nitrogens is 2. The van der Waals surface area contributed by atoms with Crippen LogP contribution in [0.5, 0.6) is 0 Å². The first kappa shape index (κ1) is 20.7. The second-order valence-corrected chi connectivity index (χ2v) is 7.14. The van der Waals surface area contributed by atoms with Crippen LogP contribution < -0.4 is 5.32 Å². The molecule has 1 aromatic heterocycles. The summed E-state index contributed by atoms with van der Waals surface area (Å²) in [5.41, 5.74) is 1.45. The summed E-state index contributed by atoms with van der Waals surface area (Å²) >= 11 is 0. The molecular weight excluding hydrogens is 374 g/mol. The molecule has 1 aliphatic carbocycles. The Morgan fingerprint density at radius 2 is 1.66 bits per heavy atom. The van der Waals surface area contributed by atoms with Gasteiger partial charge in [-0.25, -0.2) is 14.6 Å². The normalized spacial score (nSPS) is 18.8. The maximum atomic E-state index is 12.2. The van der Waals surface area contributed by atoms with Crippen LogP contribution in [0.4, 0.5) is 10.6 Å². The number of nitrogens with zero attached hydrogens (tertiary/aromatic N) is 2. The lowest BCUT2D eigenvalue weighted by molar-refractivity contribution is -0.142. The lowest BCUT2D eigenvalue weighted by atomic mass is 9.83. The molecule has 1 fully saturated rings. The minimum atomic E-state index is -0.948. The van der Waals surface area contributed by atoms with Crippen LogP contribution in [0.15, 0.2) is 42.7 Å². The topological polar surface area (TPSA) is 111 Å². The molecule has 0 bridgehead atoms. The lowest BCUT2D eigenvalue weighted by Crippen LogP contribution is -2.25. The standard InChI is InChI=1S/C21H25N3O5/c25-18(26)14-28-12-15-6-8-16(9-7-15)13-29-21(27)24-20-19(22-10-11-23-20)17-4-2-1-3-5-17/h1-5,10-11,15-16H,6-9,12-14H2,(H,25,26)(H,23,24,27). The van der Waals surface area contributed by atoms with Gasteiger partial charge in [0.1, 0.15) is 12.3 Å². The molecule has 8 heteroatoms. The number of nitrogens with one attached hydrogen (secondary N) is 1. The van der Waals surface area contributed by atoms with Crippen molar-refractivity contribution in [1.82, 2.24) is 9.97 Å². The fourth-order valence-corrected chi connectivity index (χ4v) is 3.44. The smallest absolute Gasteiger partial charge is 0.412 e. The van der Waals surface area contributed by atoms with E-state index in [0.29, 0.717) is 36.6 Å². The van der Waals surface area contributed by atoms with E-state index in [4.69, 9.17) is 14.6 Å².